The summed E-state index contributed by atoms with van der Waals surface area (Å²) in [5.74, 6) is 0.116. The Labute approximate surface area is 132 Å². The minimum absolute atomic E-state index is 0.0861. The fourth-order valence-corrected chi connectivity index (χ4v) is 3.63. The van der Waals surface area contributed by atoms with Crippen molar-refractivity contribution in [2.75, 3.05) is 6.54 Å². The largest absolute Gasteiger partial charge is 0.351 e. The Kier molecular flexibility index (Phi) is 5.08. The van der Waals surface area contributed by atoms with Crippen molar-refractivity contribution in [2.24, 2.45) is 5.73 Å². The number of hydrogen-bond acceptors (Lipinski definition) is 6. The van der Waals surface area contributed by atoms with Gasteiger partial charge in [0.1, 0.15) is 9.88 Å². The van der Waals surface area contributed by atoms with Gasteiger partial charge in [-0.05, 0) is 20.8 Å². The topological polar surface area (TPSA) is 80.9 Å². The van der Waals surface area contributed by atoms with Crippen molar-refractivity contribution in [1.29, 1.82) is 0 Å². The van der Waals surface area contributed by atoms with Gasteiger partial charge in [0.05, 0.1) is 16.7 Å². The van der Waals surface area contributed by atoms with Gasteiger partial charge in [-0.25, -0.2) is 9.97 Å². The van der Waals surface area contributed by atoms with Gasteiger partial charge < -0.3 is 11.1 Å². The first kappa shape index (κ1) is 16.1. The molecule has 21 heavy (non-hydrogen) atoms. The molecule has 0 spiro atoms. The van der Waals surface area contributed by atoms with E-state index in [0.29, 0.717) is 11.4 Å². The van der Waals surface area contributed by atoms with Crippen LogP contribution in [0.5, 0.6) is 0 Å². The number of rotatable bonds is 5. The maximum atomic E-state index is 12.2. The van der Waals surface area contributed by atoms with Crippen LogP contribution in [0.15, 0.2) is 5.38 Å². The van der Waals surface area contributed by atoms with Crippen molar-refractivity contribution < 1.29 is 4.79 Å². The van der Waals surface area contributed by atoms with E-state index in [4.69, 9.17) is 5.73 Å². The second-order valence-corrected chi connectivity index (χ2v) is 7.11. The quantitative estimate of drug-likeness (QED) is 0.886. The van der Waals surface area contributed by atoms with E-state index in [9.17, 15) is 4.79 Å². The SMILES string of the molecule is Cc1csc(C(C)CNC(=O)c2sc(C(C)N)nc2C)n1. The van der Waals surface area contributed by atoms with Crippen molar-refractivity contribution in [1.82, 2.24) is 15.3 Å². The molecule has 0 aromatic carbocycles. The number of aryl methyl sites for hydroxylation is 2. The van der Waals surface area contributed by atoms with Crippen LogP contribution >= 0.6 is 22.7 Å². The van der Waals surface area contributed by atoms with Crippen molar-refractivity contribution in [3.8, 4) is 0 Å². The number of nitrogens with two attached hydrogens (primary N) is 1. The summed E-state index contributed by atoms with van der Waals surface area (Å²) in [5.41, 5.74) is 7.57. The first-order valence-electron chi connectivity index (χ1n) is 6.81. The number of nitrogens with one attached hydrogen (secondary N) is 1. The molecule has 5 nitrogen and oxygen atoms in total. The van der Waals surface area contributed by atoms with E-state index in [0.717, 1.165) is 21.4 Å². The molecule has 2 atom stereocenters. The third kappa shape index (κ3) is 3.87. The van der Waals surface area contributed by atoms with Crippen LogP contribution < -0.4 is 11.1 Å². The van der Waals surface area contributed by atoms with Crippen molar-refractivity contribution in [2.45, 2.75) is 39.7 Å². The van der Waals surface area contributed by atoms with Crippen LogP contribution in [0.1, 0.15) is 56.9 Å². The third-order valence-corrected chi connectivity index (χ3v) is 5.59. The highest BCUT2D eigenvalue weighted by atomic mass is 32.1. The van der Waals surface area contributed by atoms with Crippen LogP contribution in [0.2, 0.25) is 0 Å². The number of aromatic nitrogens is 2. The predicted octanol–water partition coefficient (Wildman–Crippen LogP) is 2.77. The van der Waals surface area contributed by atoms with Crippen LogP contribution in [-0.2, 0) is 0 Å². The van der Waals surface area contributed by atoms with E-state index in [1.165, 1.54) is 11.3 Å². The third-order valence-electron chi connectivity index (χ3n) is 3.04. The highest BCUT2D eigenvalue weighted by Gasteiger charge is 2.18. The summed E-state index contributed by atoms with van der Waals surface area (Å²) in [5, 5.41) is 6.82. The van der Waals surface area contributed by atoms with Crippen LogP contribution in [0, 0.1) is 13.8 Å². The average molecular weight is 324 g/mol. The number of carbonyl (C=O) groups excluding carboxylic acids is 1. The molecule has 0 saturated carbocycles. The summed E-state index contributed by atoms with van der Waals surface area (Å²) in [4.78, 5) is 21.7. The Morgan fingerprint density at radius 1 is 1.33 bits per heavy atom. The molecule has 0 saturated heterocycles. The van der Waals surface area contributed by atoms with Gasteiger partial charge in [-0.15, -0.1) is 22.7 Å². The first-order chi connectivity index (χ1) is 9.88. The van der Waals surface area contributed by atoms with Gasteiger partial charge in [0, 0.05) is 23.5 Å². The molecule has 0 aliphatic carbocycles. The number of amides is 1. The fraction of sp³-hybridized carbons (Fsp3) is 0.500. The van der Waals surface area contributed by atoms with E-state index in [1.54, 1.807) is 11.3 Å². The minimum atomic E-state index is -0.146. The van der Waals surface area contributed by atoms with Gasteiger partial charge in [0.15, 0.2) is 0 Å². The van der Waals surface area contributed by atoms with Gasteiger partial charge >= 0.3 is 0 Å². The van der Waals surface area contributed by atoms with Crippen LogP contribution in [0.4, 0.5) is 0 Å². The van der Waals surface area contributed by atoms with Gasteiger partial charge in [-0.3, -0.25) is 4.79 Å². The molecule has 2 aromatic heterocycles. The maximum absolute atomic E-state index is 12.2. The Bertz CT molecular complexity index is 633. The molecule has 2 rings (SSSR count). The minimum Gasteiger partial charge on any atom is -0.351 e. The van der Waals surface area contributed by atoms with Gasteiger partial charge in [0.25, 0.3) is 5.91 Å². The zero-order valence-electron chi connectivity index (χ0n) is 12.6. The van der Waals surface area contributed by atoms with E-state index < -0.39 is 0 Å². The molecular formula is C14H20N4OS2. The molecule has 2 heterocycles. The second kappa shape index (κ2) is 6.64. The number of carbonyl (C=O) groups is 1. The molecule has 0 radical (unpaired) electrons. The number of nitrogens with zero attached hydrogens (tertiary/aromatic N) is 2. The Balaban J connectivity index is 1.98. The van der Waals surface area contributed by atoms with Crippen LogP contribution in [0.3, 0.4) is 0 Å². The van der Waals surface area contributed by atoms with Crippen molar-refractivity contribution in [3.63, 3.8) is 0 Å². The highest BCUT2D eigenvalue weighted by Crippen LogP contribution is 2.23. The molecule has 7 heteroatoms. The van der Waals surface area contributed by atoms with Crippen molar-refractivity contribution >= 4 is 28.6 Å². The summed E-state index contributed by atoms with van der Waals surface area (Å²) in [6, 6.07) is -0.146. The van der Waals surface area contributed by atoms with Crippen LogP contribution in [-0.4, -0.2) is 22.4 Å². The molecule has 2 aromatic rings. The van der Waals surface area contributed by atoms with Gasteiger partial charge in [-0.1, -0.05) is 6.92 Å². The Morgan fingerprint density at radius 2 is 2.05 bits per heavy atom. The fourth-order valence-electron chi connectivity index (χ4n) is 1.83. The normalized spacial score (nSPS) is 14.0. The zero-order valence-corrected chi connectivity index (χ0v) is 14.3. The van der Waals surface area contributed by atoms with E-state index in [2.05, 4.69) is 22.2 Å². The van der Waals surface area contributed by atoms with Gasteiger partial charge in [0.2, 0.25) is 0 Å². The maximum Gasteiger partial charge on any atom is 0.263 e. The molecule has 1 amide bonds. The van der Waals surface area contributed by atoms with E-state index >= 15 is 0 Å². The summed E-state index contributed by atoms with van der Waals surface area (Å²) >= 11 is 2.99. The Morgan fingerprint density at radius 3 is 2.57 bits per heavy atom. The molecule has 114 valence electrons. The monoisotopic (exact) mass is 324 g/mol. The predicted molar refractivity (Wildman–Crippen MR) is 87.1 cm³/mol. The summed E-state index contributed by atoms with van der Waals surface area (Å²) in [6.07, 6.45) is 0. The first-order valence-corrected chi connectivity index (χ1v) is 8.51. The number of thiazole rings is 2. The lowest BCUT2D eigenvalue weighted by atomic mass is 10.2. The molecule has 0 fully saturated rings. The summed E-state index contributed by atoms with van der Waals surface area (Å²) < 4.78 is 0. The van der Waals surface area contributed by atoms with E-state index in [1.807, 2.05) is 26.2 Å². The van der Waals surface area contributed by atoms with Gasteiger partial charge in [-0.2, -0.15) is 0 Å². The molecule has 0 aliphatic heterocycles. The number of hydrogen-bond donors (Lipinski definition) is 2. The second-order valence-electron chi connectivity index (χ2n) is 5.19. The standard InChI is InChI=1S/C14H20N4OS2/c1-7(13-17-8(2)6-20-13)5-16-12(19)11-10(4)18-14(21-11)9(3)15/h6-7,9H,5,15H2,1-4H3,(H,16,19). The average Bonchev–Trinajstić information content (AvgIpc) is 3.02. The molecule has 3 N–H and O–H groups in total. The Hall–Kier alpha value is -1.31. The van der Waals surface area contributed by atoms with Crippen LogP contribution in [0.25, 0.3) is 0 Å². The summed E-state index contributed by atoms with van der Waals surface area (Å²) in [6.45, 7) is 8.31. The molecule has 2 unspecified atom stereocenters. The lowest BCUT2D eigenvalue weighted by Crippen LogP contribution is -2.27. The lowest BCUT2D eigenvalue weighted by Gasteiger charge is -2.09. The molecule has 0 bridgehead atoms. The molecular weight excluding hydrogens is 304 g/mol. The smallest absolute Gasteiger partial charge is 0.263 e. The zero-order chi connectivity index (χ0) is 15.6. The van der Waals surface area contributed by atoms with E-state index in [-0.39, 0.29) is 17.9 Å². The highest BCUT2D eigenvalue weighted by molar-refractivity contribution is 7.13. The molecule has 0 aliphatic rings. The lowest BCUT2D eigenvalue weighted by molar-refractivity contribution is 0.0955. The summed E-state index contributed by atoms with van der Waals surface area (Å²) in [7, 11) is 0. The van der Waals surface area contributed by atoms with Crippen molar-refractivity contribution in [3.05, 3.63) is 31.7 Å².